The molecule has 0 spiro atoms. The van der Waals surface area contributed by atoms with Crippen LogP contribution in [0.3, 0.4) is 0 Å². The molecule has 6 heteroatoms. The second-order valence-electron chi connectivity index (χ2n) is 4.93. The summed E-state index contributed by atoms with van der Waals surface area (Å²) in [4.78, 5) is 0.142. The Morgan fingerprint density at radius 1 is 1.21 bits per heavy atom. The van der Waals surface area contributed by atoms with E-state index in [4.69, 9.17) is 15.2 Å². The molecule has 2 N–H and O–H groups in total. The van der Waals surface area contributed by atoms with E-state index in [1.54, 1.807) is 12.1 Å². The summed E-state index contributed by atoms with van der Waals surface area (Å²) >= 11 is 0. The van der Waals surface area contributed by atoms with Crippen LogP contribution in [0.1, 0.15) is 18.4 Å². The minimum atomic E-state index is -3.36. The molecule has 1 aromatic rings. The van der Waals surface area contributed by atoms with Crippen molar-refractivity contribution in [3.8, 4) is 11.5 Å². The maximum absolute atomic E-state index is 11.8. The van der Waals surface area contributed by atoms with Crippen LogP contribution < -0.4 is 15.2 Å². The van der Waals surface area contributed by atoms with Gasteiger partial charge in [0.2, 0.25) is 0 Å². The molecular formula is C13H19NO4S. The van der Waals surface area contributed by atoms with Crippen LogP contribution in [0, 0.1) is 0 Å². The fourth-order valence-corrected chi connectivity index (χ4v) is 3.21. The van der Waals surface area contributed by atoms with Gasteiger partial charge in [0, 0.05) is 23.8 Å². The number of methoxy groups -OCH3 is 2. The molecule has 2 rings (SSSR count). The highest BCUT2D eigenvalue weighted by Crippen LogP contribution is 2.53. The Morgan fingerprint density at radius 2 is 1.79 bits per heavy atom. The molecule has 1 aliphatic carbocycles. The van der Waals surface area contributed by atoms with E-state index in [1.807, 2.05) is 0 Å². The summed E-state index contributed by atoms with van der Waals surface area (Å²) in [6.45, 7) is 0.519. The number of nitrogens with two attached hydrogens (primary N) is 1. The smallest absolute Gasteiger partial charge is 0.179 e. The lowest BCUT2D eigenvalue weighted by atomic mass is 9.95. The first-order chi connectivity index (χ1) is 8.89. The summed E-state index contributed by atoms with van der Waals surface area (Å²) < 4.78 is 34.2. The fraction of sp³-hybridized carbons (Fsp3) is 0.538. The molecule has 5 nitrogen and oxygen atoms in total. The average Bonchev–Trinajstić information content (AvgIpc) is 3.16. The molecule has 0 amide bonds. The second kappa shape index (κ2) is 4.68. The Hall–Kier alpha value is -1.27. The normalized spacial score (nSPS) is 17.1. The van der Waals surface area contributed by atoms with Gasteiger partial charge in [0.1, 0.15) is 4.90 Å². The first-order valence-electron chi connectivity index (χ1n) is 6.05. The lowest BCUT2D eigenvalue weighted by Crippen LogP contribution is -2.21. The Balaban J connectivity index is 2.68. The quantitative estimate of drug-likeness (QED) is 0.876. The van der Waals surface area contributed by atoms with Crippen LogP contribution in [-0.4, -0.2) is 35.4 Å². The minimum absolute atomic E-state index is 0.0886. The van der Waals surface area contributed by atoms with E-state index >= 15 is 0 Å². The third-order valence-corrected chi connectivity index (χ3v) is 4.82. The van der Waals surface area contributed by atoms with Crippen LogP contribution in [-0.2, 0) is 15.3 Å². The van der Waals surface area contributed by atoms with Gasteiger partial charge in [-0.15, -0.1) is 0 Å². The first kappa shape index (κ1) is 14.1. The van der Waals surface area contributed by atoms with Crippen molar-refractivity contribution >= 4 is 9.84 Å². The molecule has 0 saturated heterocycles. The van der Waals surface area contributed by atoms with Crippen LogP contribution in [0.2, 0.25) is 0 Å². The minimum Gasteiger partial charge on any atom is -0.493 e. The van der Waals surface area contributed by atoms with Gasteiger partial charge < -0.3 is 15.2 Å². The Morgan fingerprint density at radius 3 is 2.16 bits per heavy atom. The van der Waals surface area contributed by atoms with Gasteiger partial charge in [-0.05, 0) is 18.9 Å². The zero-order valence-electron chi connectivity index (χ0n) is 11.4. The van der Waals surface area contributed by atoms with Gasteiger partial charge >= 0.3 is 0 Å². The van der Waals surface area contributed by atoms with Crippen molar-refractivity contribution in [2.24, 2.45) is 5.73 Å². The van der Waals surface area contributed by atoms with E-state index in [1.165, 1.54) is 14.2 Å². The summed E-state index contributed by atoms with van der Waals surface area (Å²) in [5, 5.41) is 0. The number of benzene rings is 1. The molecule has 1 aliphatic rings. The van der Waals surface area contributed by atoms with E-state index in [-0.39, 0.29) is 16.1 Å². The summed E-state index contributed by atoms with van der Waals surface area (Å²) in [5.74, 6) is 0.746. The molecule has 106 valence electrons. The number of hydrogen-bond acceptors (Lipinski definition) is 5. The highest BCUT2D eigenvalue weighted by atomic mass is 32.2. The molecule has 1 aromatic carbocycles. The molecule has 0 unspecified atom stereocenters. The monoisotopic (exact) mass is 285 g/mol. The maximum Gasteiger partial charge on any atom is 0.179 e. The molecule has 0 aromatic heterocycles. The van der Waals surface area contributed by atoms with Crippen LogP contribution in [0.4, 0.5) is 0 Å². The van der Waals surface area contributed by atoms with Gasteiger partial charge in [-0.2, -0.15) is 0 Å². The summed E-state index contributed by atoms with van der Waals surface area (Å²) in [6.07, 6.45) is 3.13. The molecule has 0 atom stereocenters. The molecular weight excluding hydrogens is 266 g/mol. The number of hydrogen-bond donors (Lipinski definition) is 1. The van der Waals surface area contributed by atoms with Crippen molar-refractivity contribution in [3.05, 3.63) is 17.7 Å². The van der Waals surface area contributed by atoms with E-state index in [9.17, 15) is 8.42 Å². The second-order valence-corrected chi connectivity index (χ2v) is 6.92. The van der Waals surface area contributed by atoms with Crippen LogP contribution in [0.25, 0.3) is 0 Å². The summed E-state index contributed by atoms with van der Waals surface area (Å²) in [7, 11) is -0.406. The van der Waals surface area contributed by atoms with Gasteiger partial charge in [-0.3, -0.25) is 0 Å². The molecule has 1 fully saturated rings. The fourth-order valence-electron chi connectivity index (χ4n) is 2.38. The third kappa shape index (κ3) is 2.30. The predicted octanol–water partition coefficient (Wildman–Crippen LogP) is 1.10. The first-order valence-corrected chi connectivity index (χ1v) is 7.94. The van der Waals surface area contributed by atoms with Crippen LogP contribution >= 0.6 is 0 Å². The van der Waals surface area contributed by atoms with Crippen molar-refractivity contribution in [2.45, 2.75) is 23.2 Å². The highest BCUT2D eigenvalue weighted by molar-refractivity contribution is 7.90. The van der Waals surface area contributed by atoms with Crippen molar-refractivity contribution in [1.82, 2.24) is 0 Å². The van der Waals surface area contributed by atoms with Gasteiger partial charge in [0.15, 0.2) is 21.3 Å². The molecule has 0 aliphatic heterocycles. The molecule has 0 bridgehead atoms. The van der Waals surface area contributed by atoms with Gasteiger partial charge in [-0.25, -0.2) is 8.42 Å². The Labute approximate surface area is 113 Å². The largest absolute Gasteiger partial charge is 0.493 e. The van der Waals surface area contributed by atoms with E-state index in [0.717, 1.165) is 24.7 Å². The van der Waals surface area contributed by atoms with Gasteiger partial charge in [-0.1, -0.05) is 6.07 Å². The van der Waals surface area contributed by atoms with E-state index < -0.39 is 9.84 Å². The van der Waals surface area contributed by atoms with E-state index in [0.29, 0.717) is 12.3 Å². The number of sulfone groups is 1. The number of rotatable bonds is 5. The highest BCUT2D eigenvalue weighted by Gasteiger charge is 2.46. The van der Waals surface area contributed by atoms with Crippen molar-refractivity contribution in [3.63, 3.8) is 0 Å². The number of ether oxygens (including phenoxy) is 2. The molecule has 0 radical (unpaired) electrons. The predicted molar refractivity (Wildman–Crippen MR) is 72.6 cm³/mol. The SMILES string of the molecule is COc1c(C2(CN)CC2)ccc(S(C)(=O)=O)c1OC. The van der Waals surface area contributed by atoms with Crippen LogP contribution in [0.15, 0.2) is 17.0 Å². The standard InChI is InChI=1S/C13H19NO4S/c1-17-11-9(13(8-14)6-7-13)4-5-10(12(11)18-2)19(3,15)16/h4-5H,6-8,14H2,1-3H3. The van der Waals surface area contributed by atoms with Gasteiger partial charge in [0.05, 0.1) is 14.2 Å². The topological polar surface area (TPSA) is 78.6 Å². The average molecular weight is 285 g/mol. The molecule has 1 saturated carbocycles. The van der Waals surface area contributed by atoms with Crippen molar-refractivity contribution < 1.29 is 17.9 Å². The third-order valence-electron chi connectivity index (χ3n) is 3.70. The zero-order valence-corrected chi connectivity index (χ0v) is 12.2. The lowest BCUT2D eigenvalue weighted by molar-refractivity contribution is 0.341. The lowest BCUT2D eigenvalue weighted by Gasteiger charge is -2.20. The van der Waals surface area contributed by atoms with Crippen molar-refractivity contribution in [1.29, 1.82) is 0 Å². The molecule has 19 heavy (non-hydrogen) atoms. The summed E-state index contributed by atoms with van der Waals surface area (Å²) in [5.41, 5.74) is 6.67. The van der Waals surface area contributed by atoms with Crippen molar-refractivity contribution in [2.75, 3.05) is 27.0 Å². The maximum atomic E-state index is 11.8. The summed E-state index contributed by atoms with van der Waals surface area (Å²) in [6, 6.07) is 3.36. The Kier molecular flexibility index (Phi) is 3.49. The van der Waals surface area contributed by atoms with Gasteiger partial charge in [0.25, 0.3) is 0 Å². The Bertz CT molecular complexity index is 591. The molecule has 0 heterocycles. The zero-order chi connectivity index (χ0) is 14.3. The van der Waals surface area contributed by atoms with Crippen LogP contribution in [0.5, 0.6) is 11.5 Å². The van der Waals surface area contributed by atoms with E-state index in [2.05, 4.69) is 0 Å².